The monoisotopic (exact) mass is 602 g/mol. The van der Waals surface area contributed by atoms with Crippen molar-refractivity contribution in [1.29, 1.82) is 0 Å². The van der Waals surface area contributed by atoms with Crippen LogP contribution in [-0.2, 0) is 44.8 Å². The lowest BCUT2D eigenvalue weighted by Gasteiger charge is -2.21. The van der Waals surface area contributed by atoms with E-state index in [-0.39, 0.29) is 32.2 Å². The highest BCUT2D eigenvalue weighted by atomic mass is 16.2. The van der Waals surface area contributed by atoms with Crippen molar-refractivity contribution in [3.05, 3.63) is 35.4 Å². The molecule has 8 amide bonds. The molecule has 0 saturated carbocycles. The Morgan fingerprint density at radius 3 is 2.12 bits per heavy atom. The number of aryl methyl sites for hydroxylation is 1. The van der Waals surface area contributed by atoms with Gasteiger partial charge < -0.3 is 43.0 Å². The summed E-state index contributed by atoms with van der Waals surface area (Å²) in [4.78, 5) is 98.7. The van der Waals surface area contributed by atoms with Crippen molar-refractivity contribution >= 4 is 47.3 Å². The zero-order valence-electron chi connectivity index (χ0n) is 24.0. The molecule has 9 N–H and O–H groups in total. The molecule has 0 aromatic heterocycles. The predicted octanol–water partition coefficient (Wildman–Crippen LogP) is -3.85. The Hall–Kier alpha value is -5.02. The molecule has 1 fully saturated rings. The number of carbonyl (C=O) groups is 8. The molecule has 1 aliphatic heterocycles. The molecule has 1 aliphatic rings. The number of nitrogens with two attached hydrogens (primary N) is 1. The van der Waals surface area contributed by atoms with Crippen molar-refractivity contribution in [1.82, 2.24) is 37.2 Å². The van der Waals surface area contributed by atoms with Crippen LogP contribution in [0.4, 0.5) is 0 Å². The van der Waals surface area contributed by atoms with Gasteiger partial charge in [0.15, 0.2) is 0 Å². The number of amides is 8. The van der Waals surface area contributed by atoms with Gasteiger partial charge in [0.2, 0.25) is 47.3 Å². The molecule has 0 unspecified atom stereocenters. The molecule has 43 heavy (non-hydrogen) atoms. The van der Waals surface area contributed by atoms with Gasteiger partial charge in [-0.2, -0.15) is 0 Å². The molecule has 3 atom stereocenters. The summed E-state index contributed by atoms with van der Waals surface area (Å²) in [6, 6.07) is 3.68. The summed E-state index contributed by atoms with van der Waals surface area (Å²) in [5.41, 5.74) is 7.07. The van der Waals surface area contributed by atoms with Crippen molar-refractivity contribution in [3.63, 3.8) is 0 Å². The van der Waals surface area contributed by atoms with E-state index in [1.165, 1.54) is 6.92 Å². The minimum absolute atomic E-state index is 0.0514. The molecular weight excluding hydrogens is 564 g/mol. The number of carbonyl (C=O) groups excluding carboxylic acids is 8. The zero-order chi connectivity index (χ0) is 31.9. The summed E-state index contributed by atoms with van der Waals surface area (Å²) in [7, 11) is 0. The van der Waals surface area contributed by atoms with Crippen LogP contribution in [0.1, 0.15) is 37.3 Å². The van der Waals surface area contributed by atoms with E-state index in [1.807, 2.05) is 19.1 Å². The quantitative estimate of drug-likeness (QED) is 0.160. The molecule has 1 heterocycles. The highest BCUT2D eigenvalue weighted by Crippen LogP contribution is 2.07. The molecule has 234 valence electrons. The molecule has 0 spiro atoms. The average Bonchev–Trinajstić information content (AvgIpc) is 2.95. The maximum Gasteiger partial charge on any atom is 0.243 e. The molecule has 0 bridgehead atoms. The standard InChI is InChI=1S/C27H38N8O8/c1-15-3-5-17(6-4-15)11-20-27(43)32-13-23(39)33-18(25(28)41)9-10-29-21(37)8-7-19(26(42)31-14-24(40)35-20)34-22(38)12-30-16(2)36/h3-6,18-20H,7-14H2,1-2H3,(H2,28,41)(H,29,37)(H,30,36)(H,31,42)(H,32,43)(H,33,39)(H,34,38)(H,35,40)/t18-,19-,20+/m0/s1. The van der Waals surface area contributed by atoms with Crippen molar-refractivity contribution < 1.29 is 38.4 Å². The number of nitrogens with one attached hydrogen (secondary N) is 7. The molecule has 1 aromatic carbocycles. The summed E-state index contributed by atoms with van der Waals surface area (Å²) in [6.45, 7) is 1.54. The third-order valence-electron chi connectivity index (χ3n) is 6.30. The number of rotatable bonds is 6. The van der Waals surface area contributed by atoms with Crippen molar-refractivity contribution in [2.75, 3.05) is 26.2 Å². The number of hydrogen-bond donors (Lipinski definition) is 8. The molecule has 0 radical (unpaired) electrons. The van der Waals surface area contributed by atoms with Crippen LogP contribution in [0.5, 0.6) is 0 Å². The fourth-order valence-electron chi connectivity index (χ4n) is 3.97. The SMILES string of the molecule is CC(=O)NCC(=O)N[C@H]1CCC(=O)NCC[C@@H](C(N)=O)NC(=O)CNC(=O)[C@@H](Cc2ccc(C)cc2)NC(=O)CNC1=O. The molecule has 16 heteroatoms. The second-order valence-electron chi connectivity index (χ2n) is 9.98. The fraction of sp³-hybridized carbons (Fsp3) is 0.481. The number of primary amides is 1. The van der Waals surface area contributed by atoms with Crippen LogP contribution in [-0.4, -0.2) is 91.6 Å². The van der Waals surface area contributed by atoms with E-state index in [1.54, 1.807) is 12.1 Å². The van der Waals surface area contributed by atoms with Gasteiger partial charge in [-0.3, -0.25) is 38.4 Å². The van der Waals surface area contributed by atoms with Crippen LogP contribution in [0.2, 0.25) is 0 Å². The molecule has 2 rings (SSSR count). The zero-order valence-corrected chi connectivity index (χ0v) is 24.0. The third kappa shape index (κ3) is 13.0. The smallest absolute Gasteiger partial charge is 0.243 e. The van der Waals surface area contributed by atoms with Crippen molar-refractivity contribution in [3.8, 4) is 0 Å². The van der Waals surface area contributed by atoms with Crippen LogP contribution in [0, 0.1) is 6.92 Å². The minimum atomic E-state index is -1.24. The van der Waals surface area contributed by atoms with Gasteiger partial charge in [-0.1, -0.05) is 29.8 Å². The summed E-state index contributed by atoms with van der Waals surface area (Å²) in [5, 5.41) is 17.0. The van der Waals surface area contributed by atoms with Crippen LogP contribution in [0.25, 0.3) is 0 Å². The van der Waals surface area contributed by atoms with Gasteiger partial charge in [0.05, 0.1) is 19.6 Å². The predicted molar refractivity (Wildman–Crippen MR) is 151 cm³/mol. The largest absolute Gasteiger partial charge is 0.368 e. The van der Waals surface area contributed by atoms with Crippen LogP contribution < -0.4 is 43.0 Å². The first-order valence-corrected chi connectivity index (χ1v) is 13.6. The summed E-state index contributed by atoms with van der Waals surface area (Å²) >= 11 is 0. The van der Waals surface area contributed by atoms with Gasteiger partial charge >= 0.3 is 0 Å². The van der Waals surface area contributed by atoms with Gasteiger partial charge in [-0.25, -0.2) is 0 Å². The lowest BCUT2D eigenvalue weighted by molar-refractivity contribution is -0.132. The molecular formula is C27H38N8O8. The second-order valence-corrected chi connectivity index (χ2v) is 9.98. The van der Waals surface area contributed by atoms with E-state index in [0.717, 1.165) is 5.56 Å². The molecule has 1 saturated heterocycles. The first-order valence-electron chi connectivity index (χ1n) is 13.6. The van der Waals surface area contributed by atoms with Gasteiger partial charge in [0.1, 0.15) is 18.1 Å². The molecule has 16 nitrogen and oxygen atoms in total. The van der Waals surface area contributed by atoms with E-state index in [9.17, 15) is 38.4 Å². The van der Waals surface area contributed by atoms with Gasteiger partial charge in [0, 0.05) is 26.3 Å². The van der Waals surface area contributed by atoms with Gasteiger partial charge in [-0.05, 0) is 25.3 Å². The Morgan fingerprint density at radius 2 is 1.49 bits per heavy atom. The molecule has 1 aromatic rings. The van der Waals surface area contributed by atoms with E-state index >= 15 is 0 Å². The topological polar surface area (TPSA) is 247 Å². The lowest BCUT2D eigenvalue weighted by Crippen LogP contribution is -2.54. The lowest BCUT2D eigenvalue weighted by atomic mass is 10.0. The summed E-state index contributed by atoms with van der Waals surface area (Å²) in [6.07, 6.45) is -0.383. The first kappa shape index (κ1) is 34.2. The van der Waals surface area contributed by atoms with Gasteiger partial charge in [-0.15, -0.1) is 0 Å². The summed E-state index contributed by atoms with van der Waals surface area (Å²) in [5.74, 6) is -5.48. The summed E-state index contributed by atoms with van der Waals surface area (Å²) < 4.78 is 0. The Kier molecular flexibility index (Phi) is 13.6. The van der Waals surface area contributed by atoms with Crippen molar-refractivity contribution in [2.24, 2.45) is 5.73 Å². The highest BCUT2D eigenvalue weighted by molar-refractivity contribution is 5.95. The maximum atomic E-state index is 13.0. The number of benzene rings is 1. The molecule has 0 aliphatic carbocycles. The van der Waals surface area contributed by atoms with E-state index in [0.29, 0.717) is 5.56 Å². The van der Waals surface area contributed by atoms with Gasteiger partial charge in [0.25, 0.3) is 0 Å². The van der Waals surface area contributed by atoms with E-state index < -0.39 is 85.0 Å². The van der Waals surface area contributed by atoms with Crippen LogP contribution >= 0.6 is 0 Å². The minimum Gasteiger partial charge on any atom is -0.368 e. The van der Waals surface area contributed by atoms with Crippen molar-refractivity contribution in [2.45, 2.75) is 57.7 Å². The third-order valence-corrected chi connectivity index (χ3v) is 6.30. The normalized spacial score (nSPS) is 21.3. The van der Waals surface area contributed by atoms with E-state index in [2.05, 4.69) is 37.2 Å². The fourth-order valence-corrected chi connectivity index (χ4v) is 3.97. The Labute approximate surface area is 248 Å². The van der Waals surface area contributed by atoms with E-state index in [4.69, 9.17) is 5.73 Å². The Bertz CT molecular complexity index is 1220. The Morgan fingerprint density at radius 1 is 0.860 bits per heavy atom. The van der Waals surface area contributed by atoms with Crippen LogP contribution in [0.15, 0.2) is 24.3 Å². The Balaban J connectivity index is 2.24. The average molecular weight is 603 g/mol. The van der Waals surface area contributed by atoms with Crippen LogP contribution in [0.3, 0.4) is 0 Å². The highest BCUT2D eigenvalue weighted by Gasteiger charge is 2.26. The number of hydrogen-bond acceptors (Lipinski definition) is 8. The first-order chi connectivity index (χ1) is 20.3. The maximum absolute atomic E-state index is 13.0. The second kappa shape index (κ2) is 17.1.